The van der Waals surface area contributed by atoms with Gasteiger partial charge in [-0.3, -0.25) is 4.79 Å². The van der Waals surface area contributed by atoms with Gasteiger partial charge in [-0.15, -0.1) is 0 Å². The molecule has 2 N–H and O–H groups in total. The molecule has 1 aromatic rings. The first-order chi connectivity index (χ1) is 13.3. The Balaban J connectivity index is 1.80. The fourth-order valence-corrected chi connectivity index (χ4v) is 4.80. The van der Waals surface area contributed by atoms with Crippen LogP contribution in [0, 0.1) is 13.8 Å². The Morgan fingerprint density at radius 2 is 2.00 bits per heavy atom. The van der Waals surface area contributed by atoms with Crippen molar-refractivity contribution in [1.29, 1.82) is 0 Å². The Labute approximate surface area is 169 Å². The van der Waals surface area contributed by atoms with Crippen LogP contribution in [0.3, 0.4) is 0 Å². The topological polar surface area (TPSA) is 82.5 Å². The molecule has 1 unspecified atom stereocenters. The van der Waals surface area contributed by atoms with Crippen LogP contribution < -0.4 is 0 Å². The van der Waals surface area contributed by atoms with Crippen molar-refractivity contribution in [2.45, 2.75) is 51.4 Å². The van der Waals surface area contributed by atoms with Gasteiger partial charge in [-0.25, -0.2) is 9.90 Å². The minimum absolute atomic E-state index is 0.0440. The normalized spacial score (nSPS) is 25.4. The highest BCUT2D eigenvalue weighted by Gasteiger charge is 2.56. The van der Waals surface area contributed by atoms with E-state index in [1.54, 1.807) is 6.07 Å². The zero-order valence-electron chi connectivity index (χ0n) is 16.1. The molecular formula is C20H25ClN2O5. The number of hydrogen-bond acceptors (Lipinski definition) is 6. The second-order valence-corrected chi connectivity index (χ2v) is 8.20. The number of ether oxygens (including phenoxy) is 1. The van der Waals surface area contributed by atoms with Crippen LogP contribution in [0.4, 0.5) is 0 Å². The van der Waals surface area contributed by atoms with Crippen LogP contribution in [0.5, 0.6) is 0 Å². The van der Waals surface area contributed by atoms with Gasteiger partial charge in [-0.1, -0.05) is 17.7 Å². The van der Waals surface area contributed by atoms with E-state index in [2.05, 4.69) is 0 Å². The predicted molar refractivity (Wildman–Crippen MR) is 103 cm³/mol. The molecule has 7 nitrogen and oxygen atoms in total. The van der Waals surface area contributed by atoms with Crippen molar-refractivity contribution in [3.05, 3.63) is 39.6 Å². The summed E-state index contributed by atoms with van der Waals surface area (Å²) >= 11 is 6.48. The van der Waals surface area contributed by atoms with Gasteiger partial charge in [-0.05, 0) is 50.3 Å². The summed E-state index contributed by atoms with van der Waals surface area (Å²) in [5, 5.41) is 24.0. The lowest BCUT2D eigenvalue weighted by Crippen LogP contribution is -2.55. The number of aliphatic hydroxyl groups is 1. The largest absolute Gasteiger partial charge is 0.509 e. The minimum Gasteiger partial charge on any atom is -0.509 e. The van der Waals surface area contributed by atoms with E-state index in [1.807, 2.05) is 19.9 Å². The lowest BCUT2D eigenvalue weighted by atomic mass is 9.85. The molecule has 1 amide bonds. The summed E-state index contributed by atoms with van der Waals surface area (Å²) in [5.74, 6) is -0.467. The zero-order chi connectivity index (χ0) is 20.1. The van der Waals surface area contributed by atoms with E-state index in [0.29, 0.717) is 49.5 Å². The van der Waals surface area contributed by atoms with Gasteiger partial charge in [-0.2, -0.15) is 5.06 Å². The molecule has 0 aliphatic carbocycles. The molecule has 152 valence electrons. The van der Waals surface area contributed by atoms with Gasteiger partial charge in [0, 0.05) is 30.1 Å². The average molecular weight is 409 g/mol. The van der Waals surface area contributed by atoms with Gasteiger partial charge in [0.15, 0.2) is 6.29 Å². The molecule has 0 aromatic heterocycles. The lowest BCUT2D eigenvalue weighted by Gasteiger charge is -2.42. The van der Waals surface area contributed by atoms with E-state index < -0.39 is 17.7 Å². The molecule has 8 heteroatoms. The van der Waals surface area contributed by atoms with Gasteiger partial charge in [0.2, 0.25) is 0 Å². The van der Waals surface area contributed by atoms with Gasteiger partial charge in [0.1, 0.15) is 11.3 Å². The van der Waals surface area contributed by atoms with E-state index in [4.69, 9.17) is 21.2 Å². The third-order valence-corrected chi connectivity index (χ3v) is 6.12. The van der Waals surface area contributed by atoms with Crippen LogP contribution in [-0.2, 0) is 14.4 Å². The molecule has 3 heterocycles. The highest BCUT2D eigenvalue weighted by Crippen LogP contribution is 2.47. The van der Waals surface area contributed by atoms with E-state index in [-0.39, 0.29) is 11.3 Å². The minimum atomic E-state index is -1.03. The van der Waals surface area contributed by atoms with Crippen LogP contribution in [0.15, 0.2) is 17.9 Å². The summed E-state index contributed by atoms with van der Waals surface area (Å²) in [4.78, 5) is 19.4. The molecule has 0 radical (unpaired) electrons. The predicted octanol–water partition coefficient (Wildman–Crippen LogP) is 3.36. The van der Waals surface area contributed by atoms with Crippen molar-refractivity contribution in [3.8, 4) is 0 Å². The quantitative estimate of drug-likeness (QED) is 0.798. The second kappa shape index (κ2) is 7.31. The average Bonchev–Trinajstić information content (AvgIpc) is 3.21. The number of nitrogens with zero attached hydrogens (tertiary/aromatic N) is 2. The molecule has 1 aromatic carbocycles. The highest BCUT2D eigenvalue weighted by atomic mass is 35.5. The molecule has 2 saturated heterocycles. The molecule has 2 fully saturated rings. The standard InChI is InChI=1S/C20H25ClN2O5/c1-12-10-13(2)16(14(21)11-12)17-18(24)20(5-7-22(26)8-6-20)23(19(17)25)28-15-4-3-9-27-15/h10-11,15,24,26H,3-9H2,1-2H3. The van der Waals surface area contributed by atoms with Gasteiger partial charge < -0.3 is 15.1 Å². The number of amides is 1. The van der Waals surface area contributed by atoms with Crippen LogP contribution in [0.2, 0.25) is 5.02 Å². The molecule has 1 atom stereocenters. The Morgan fingerprint density at radius 3 is 2.61 bits per heavy atom. The number of aryl methyl sites for hydroxylation is 2. The molecule has 0 saturated carbocycles. The van der Waals surface area contributed by atoms with Gasteiger partial charge >= 0.3 is 0 Å². The van der Waals surface area contributed by atoms with Crippen LogP contribution in [-0.4, -0.2) is 57.9 Å². The maximum Gasteiger partial charge on any atom is 0.282 e. The van der Waals surface area contributed by atoms with Crippen molar-refractivity contribution in [3.63, 3.8) is 0 Å². The fraction of sp³-hybridized carbons (Fsp3) is 0.550. The maximum atomic E-state index is 13.4. The Hall–Kier alpha value is -1.64. The number of hydrogen-bond donors (Lipinski definition) is 2. The molecule has 1 spiro atoms. The Kier molecular flexibility index (Phi) is 5.14. The van der Waals surface area contributed by atoms with Crippen LogP contribution in [0.25, 0.3) is 5.57 Å². The number of hydroxylamine groups is 4. The SMILES string of the molecule is Cc1cc(C)c(C2=C(O)C3(CCN(O)CC3)N(OC3CCCO3)C2=O)c(Cl)c1. The van der Waals surface area contributed by atoms with Gasteiger partial charge in [0.25, 0.3) is 5.91 Å². The number of benzene rings is 1. The molecule has 28 heavy (non-hydrogen) atoms. The van der Waals surface area contributed by atoms with Crippen molar-refractivity contribution in [2.75, 3.05) is 19.7 Å². The summed E-state index contributed by atoms with van der Waals surface area (Å²) in [5.41, 5.74) is 1.46. The molecule has 4 rings (SSSR count). The van der Waals surface area contributed by atoms with E-state index in [9.17, 15) is 15.1 Å². The van der Waals surface area contributed by atoms with Crippen LogP contribution in [0.1, 0.15) is 42.4 Å². The molecule has 3 aliphatic heterocycles. The number of aliphatic hydroxyl groups excluding tert-OH is 1. The van der Waals surface area contributed by atoms with Crippen molar-refractivity contribution in [2.24, 2.45) is 0 Å². The van der Waals surface area contributed by atoms with E-state index >= 15 is 0 Å². The van der Waals surface area contributed by atoms with E-state index in [1.165, 1.54) is 10.1 Å². The fourth-order valence-electron chi connectivity index (χ4n) is 4.39. The number of carbonyl (C=O) groups excluding carboxylic acids is 1. The Morgan fingerprint density at radius 1 is 1.29 bits per heavy atom. The summed E-state index contributed by atoms with van der Waals surface area (Å²) in [6.45, 7) is 5.01. The van der Waals surface area contributed by atoms with Crippen molar-refractivity contribution < 1.29 is 24.7 Å². The molecule has 0 bridgehead atoms. The van der Waals surface area contributed by atoms with Crippen molar-refractivity contribution >= 4 is 23.1 Å². The summed E-state index contributed by atoms with van der Waals surface area (Å²) in [6, 6.07) is 3.71. The third-order valence-electron chi connectivity index (χ3n) is 5.82. The smallest absolute Gasteiger partial charge is 0.282 e. The van der Waals surface area contributed by atoms with Gasteiger partial charge in [0.05, 0.1) is 12.2 Å². The third kappa shape index (κ3) is 3.11. The summed E-state index contributed by atoms with van der Waals surface area (Å²) in [7, 11) is 0. The number of carbonyl (C=O) groups is 1. The lowest BCUT2D eigenvalue weighted by molar-refractivity contribution is -0.290. The first-order valence-corrected chi connectivity index (χ1v) is 9.99. The highest BCUT2D eigenvalue weighted by molar-refractivity contribution is 6.36. The summed E-state index contributed by atoms with van der Waals surface area (Å²) < 4.78 is 5.56. The van der Waals surface area contributed by atoms with Crippen molar-refractivity contribution in [1.82, 2.24) is 10.1 Å². The first-order valence-electron chi connectivity index (χ1n) is 9.61. The summed E-state index contributed by atoms with van der Waals surface area (Å²) in [6.07, 6.45) is 1.72. The number of piperidine rings is 1. The number of rotatable bonds is 3. The zero-order valence-corrected chi connectivity index (χ0v) is 16.8. The maximum absolute atomic E-state index is 13.4. The number of halogens is 1. The first kappa shape index (κ1) is 19.7. The molecule has 3 aliphatic rings. The second-order valence-electron chi connectivity index (χ2n) is 7.80. The monoisotopic (exact) mass is 408 g/mol. The molecular weight excluding hydrogens is 384 g/mol. The Bertz CT molecular complexity index is 803. The van der Waals surface area contributed by atoms with E-state index in [0.717, 1.165) is 17.5 Å². The van der Waals surface area contributed by atoms with Crippen LogP contribution >= 0.6 is 11.6 Å².